The third-order valence-electron chi connectivity index (χ3n) is 4.57. The van der Waals surface area contributed by atoms with Gasteiger partial charge in [-0.3, -0.25) is 0 Å². The molecule has 0 aliphatic heterocycles. The molecule has 4 rings (SSSR count). The monoisotopic (exact) mass is 430 g/mol. The van der Waals surface area contributed by atoms with Crippen molar-refractivity contribution >= 4 is 27.1 Å². The summed E-state index contributed by atoms with van der Waals surface area (Å²) in [7, 11) is -3.56. The Hall–Kier alpha value is -4.16. The van der Waals surface area contributed by atoms with E-state index < -0.39 is 9.84 Å². The number of rotatable bonds is 5. The van der Waals surface area contributed by atoms with Crippen LogP contribution in [0, 0.1) is 11.5 Å². The molecule has 2 aromatic heterocycles. The number of nitriles is 1. The molecular formula is C22H18N6O2S. The zero-order chi connectivity index (χ0) is 21.7. The largest absolute Gasteiger partial charge is 0.351 e. The fraction of sp³-hybridized carbons (Fsp3) is 0.0455. The van der Waals surface area contributed by atoms with Gasteiger partial charge in [-0.05, 0) is 35.9 Å². The number of guanidine groups is 1. The van der Waals surface area contributed by atoms with E-state index in [0.717, 1.165) is 16.9 Å². The van der Waals surface area contributed by atoms with Gasteiger partial charge in [0, 0.05) is 36.9 Å². The lowest BCUT2D eigenvalue weighted by molar-refractivity contribution is 0.596. The number of sulfone groups is 1. The maximum atomic E-state index is 12.7. The summed E-state index contributed by atoms with van der Waals surface area (Å²) in [6, 6.07) is 18.6. The van der Waals surface area contributed by atoms with Crippen molar-refractivity contribution in [2.24, 2.45) is 4.99 Å². The van der Waals surface area contributed by atoms with Crippen molar-refractivity contribution in [1.29, 1.82) is 5.26 Å². The Labute approximate surface area is 179 Å². The molecule has 0 bridgehead atoms. The minimum Gasteiger partial charge on any atom is -0.351 e. The van der Waals surface area contributed by atoms with E-state index in [-0.39, 0.29) is 15.8 Å². The highest BCUT2D eigenvalue weighted by atomic mass is 32.2. The molecule has 0 fully saturated rings. The van der Waals surface area contributed by atoms with E-state index in [4.69, 9.17) is 5.26 Å². The van der Waals surface area contributed by atoms with Crippen molar-refractivity contribution < 1.29 is 8.42 Å². The second kappa shape index (κ2) is 8.69. The van der Waals surface area contributed by atoms with E-state index in [9.17, 15) is 8.42 Å². The molecule has 4 aromatic rings. The lowest BCUT2D eigenvalue weighted by Crippen LogP contribution is -2.30. The Morgan fingerprint density at radius 3 is 2.52 bits per heavy atom. The molecule has 2 N–H and O–H groups in total. The van der Waals surface area contributed by atoms with Crippen molar-refractivity contribution in [3.8, 4) is 6.19 Å². The minimum absolute atomic E-state index is 0.222. The van der Waals surface area contributed by atoms with E-state index in [2.05, 4.69) is 20.6 Å². The van der Waals surface area contributed by atoms with E-state index in [0.29, 0.717) is 6.54 Å². The summed E-state index contributed by atoms with van der Waals surface area (Å²) < 4.78 is 27.2. The van der Waals surface area contributed by atoms with Crippen LogP contribution in [0.25, 0.3) is 5.65 Å². The van der Waals surface area contributed by atoms with Gasteiger partial charge in [0.1, 0.15) is 5.65 Å². The van der Waals surface area contributed by atoms with Crippen LogP contribution in [0.3, 0.4) is 0 Å². The lowest BCUT2D eigenvalue weighted by Gasteiger charge is -2.12. The fourth-order valence-electron chi connectivity index (χ4n) is 2.99. The number of hydrogen-bond acceptors (Lipinski definition) is 5. The van der Waals surface area contributed by atoms with Gasteiger partial charge < -0.3 is 15.0 Å². The second-order valence-electron chi connectivity index (χ2n) is 6.61. The third-order valence-corrected chi connectivity index (χ3v) is 6.36. The number of aromatic nitrogens is 2. The van der Waals surface area contributed by atoms with Crippen LogP contribution in [0.5, 0.6) is 0 Å². The van der Waals surface area contributed by atoms with Crippen LogP contribution in [0.2, 0.25) is 0 Å². The highest BCUT2D eigenvalue weighted by molar-refractivity contribution is 7.91. The van der Waals surface area contributed by atoms with Crippen molar-refractivity contribution in [2.75, 3.05) is 5.32 Å². The number of hydrogen-bond donors (Lipinski definition) is 2. The summed E-state index contributed by atoms with van der Waals surface area (Å²) >= 11 is 0. The maximum Gasteiger partial charge on any atom is 0.212 e. The van der Waals surface area contributed by atoms with Gasteiger partial charge >= 0.3 is 0 Å². The predicted molar refractivity (Wildman–Crippen MR) is 117 cm³/mol. The Balaban J connectivity index is 1.44. The SMILES string of the molecule is N#C/N=C(/NCc1ccc(S(=O)(=O)c2ccccc2)cc1)Nc1ccn2ccnc2c1. The molecule has 0 unspecified atom stereocenters. The highest BCUT2D eigenvalue weighted by Gasteiger charge is 2.16. The molecule has 0 atom stereocenters. The standard InChI is InChI=1S/C22H18N6O2S/c23-16-26-22(27-18-10-12-28-13-11-24-21(28)14-18)25-15-17-6-8-20(9-7-17)31(29,30)19-4-2-1-3-5-19/h1-14H,15H2,(H2,25,26,27). The molecule has 0 saturated carbocycles. The first kappa shape index (κ1) is 20.1. The Bertz CT molecular complexity index is 1370. The Morgan fingerprint density at radius 1 is 1.03 bits per heavy atom. The van der Waals surface area contributed by atoms with Crippen molar-refractivity contribution in [2.45, 2.75) is 16.3 Å². The smallest absolute Gasteiger partial charge is 0.212 e. The normalized spacial score (nSPS) is 11.8. The third kappa shape index (κ3) is 4.55. The van der Waals surface area contributed by atoms with Crippen LogP contribution in [0.1, 0.15) is 5.56 Å². The van der Waals surface area contributed by atoms with E-state index in [1.807, 2.05) is 28.9 Å². The lowest BCUT2D eigenvalue weighted by atomic mass is 10.2. The van der Waals surface area contributed by atoms with E-state index in [1.54, 1.807) is 67.0 Å². The van der Waals surface area contributed by atoms with Gasteiger partial charge in [0.2, 0.25) is 22.0 Å². The van der Waals surface area contributed by atoms with Gasteiger partial charge in [-0.25, -0.2) is 13.4 Å². The summed E-state index contributed by atoms with van der Waals surface area (Å²) in [5.74, 6) is 0.277. The van der Waals surface area contributed by atoms with Crippen LogP contribution < -0.4 is 10.6 Å². The molecular weight excluding hydrogens is 412 g/mol. The molecule has 31 heavy (non-hydrogen) atoms. The Morgan fingerprint density at radius 2 is 1.77 bits per heavy atom. The number of imidazole rings is 1. The first-order valence-electron chi connectivity index (χ1n) is 9.36. The number of nitrogens with zero attached hydrogens (tertiary/aromatic N) is 4. The second-order valence-corrected chi connectivity index (χ2v) is 8.56. The van der Waals surface area contributed by atoms with Gasteiger partial charge in [0.25, 0.3) is 0 Å². The zero-order valence-electron chi connectivity index (χ0n) is 16.3. The summed E-state index contributed by atoms with van der Waals surface area (Å²) in [4.78, 5) is 8.47. The van der Waals surface area contributed by atoms with Crippen LogP contribution >= 0.6 is 0 Å². The van der Waals surface area contributed by atoms with Crippen LogP contribution in [0.4, 0.5) is 5.69 Å². The van der Waals surface area contributed by atoms with E-state index in [1.165, 1.54) is 0 Å². The van der Waals surface area contributed by atoms with Gasteiger partial charge in [-0.15, -0.1) is 4.99 Å². The molecule has 0 saturated heterocycles. The Kier molecular flexibility index (Phi) is 5.64. The minimum atomic E-state index is -3.56. The zero-order valence-corrected chi connectivity index (χ0v) is 17.1. The topological polar surface area (TPSA) is 112 Å². The fourth-order valence-corrected chi connectivity index (χ4v) is 4.28. The molecule has 8 nitrogen and oxygen atoms in total. The van der Waals surface area contributed by atoms with E-state index >= 15 is 0 Å². The molecule has 154 valence electrons. The molecule has 0 spiro atoms. The number of benzene rings is 2. The van der Waals surface area contributed by atoms with Crippen LogP contribution in [-0.2, 0) is 16.4 Å². The molecule has 0 amide bonds. The molecule has 9 heteroatoms. The average Bonchev–Trinajstić information content (AvgIpc) is 3.26. The number of pyridine rings is 1. The first-order valence-corrected chi connectivity index (χ1v) is 10.8. The number of nitrogens with one attached hydrogen (secondary N) is 2. The molecule has 0 radical (unpaired) electrons. The number of aliphatic imine (C=N–C) groups is 1. The van der Waals surface area contributed by atoms with Crippen molar-refractivity contribution in [3.63, 3.8) is 0 Å². The molecule has 2 heterocycles. The quantitative estimate of drug-likeness (QED) is 0.286. The summed E-state index contributed by atoms with van der Waals surface area (Å²) in [6.07, 6.45) is 7.15. The number of anilines is 1. The van der Waals surface area contributed by atoms with Gasteiger partial charge in [0.15, 0.2) is 0 Å². The summed E-state index contributed by atoms with van der Waals surface area (Å²) in [6.45, 7) is 0.352. The van der Waals surface area contributed by atoms with Crippen LogP contribution in [-0.4, -0.2) is 23.8 Å². The predicted octanol–water partition coefficient (Wildman–Crippen LogP) is 3.21. The van der Waals surface area contributed by atoms with Crippen LogP contribution in [0.15, 0.2) is 100 Å². The molecule has 0 aliphatic carbocycles. The molecule has 0 aliphatic rings. The summed E-state index contributed by atoms with van der Waals surface area (Å²) in [5.41, 5.74) is 2.32. The van der Waals surface area contributed by atoms with Crippen molar-refractivity contribution in [1.82, 2.24) is 14.7 Å². The summed E-state index contributed by atoms with van der Waals surface area (Å²) in [5, 5.41) is 15.1. The van der Waals surface area contributed by atoms with Gasteiger partial charge in [0.05, 0.1) is 9.79 Å². The highest BCUT2D eigenvalue weighted by Crippen LogP contribution is 2.20. The molecule has 2 aromatic carbocycles. The van der Waals surface area contributed by atoms with Gasteiger partial charge in [-0.1, -0.05) is 30.3 Å². The van der Waals surface area contributed by atoms with Gasteiger partial charge in [-0.2, -0.15) is 5.26 Å². The first-order chi connectivity index (χ1) is 15.1. The maximum absolute atomic E-state index is 12.7. The average molecular weight is 430 g/mol. The number of fused-ring (bicyclic) bond motifs is 1. The van der Waals surface area contributed by atoms with Crippen molar-refractivity contribution in [3.05, 3.63) is 90.9 Å².